The van der Waals surface area contributed by atoms with Crippen LogP contribution in [0.1, 0.15) is 51.3 Å². The van der Waals surface area contributed by atoms with E-state index in [0.717, 1.165) is 27.7 Å². The van der Waals surface area contributed by atoms with E-state index in [1.807, 2.05) is 92.6 Å². The van der Waals surface area contributed by atoms with Gasteiger partial charge in [-0.05, 0) is 56.4 Å². The van der Waals surface area contributed by atoms with Gasteiger partial charge in [0.15, 0.2) is 5.17 Å². The zero-order valence-electron chi connectivity index (χ0n) is 21.2. The Morgan fingerprint density at radius 2 is 1.78 bits per heavy atom. The number of carbonyl (C=O) groups excluding carboxylic acids is 2. The Morgan fingerprint density at radius 3 is 2.42 bits per heavy atom. The smallest absolute Gasteiger partial charge is 0.338 e. The minimum absolute atomic E-state index is 0.106. The minimum atomic E-state index is -0.658. The van der Waals surface area contributed by atoms with Crippen LogP contribution in [0.3, 0.4) is 0 Å². The second kappa shape index (κ2) is 10.6. The summed E-state index contributed by atoms with van der Waals surface area (Å²) in [6, 6.07) is 16.9. The normalized spacial score (nSPS) is 17.2. The summed E-state index contributed by atoms with van der Waals surface area (Å²) in [6.45, 7) is 7.80. The summed E-state index contributed by atoms with van der Waals surface area (Å²) in [5, 5.41) is 5.65. The number of hydrogen-bond acceptors (Lipinski definition) is 7. The van der Waals surface area contributed by atoms with E-state index in [1.54, 1.807) is 7.11 Å². The number of rotatable bonds is 7. The molecule has 0 radical (unpaired) electrons. The van der Waals surface area contributed by atoms with Crippen LogP contribution in [0.25, 0.3) is 0 Å². The number of aliphatic imine (C=N–C) groups is 1. The molecule has 2 aliphatic rings. The Morgan fingerprint density at radius 1 is 1.08 bits per heavy atom. The molecule has 1 amide bonds. The summed E-state index contributed by atoms with van der Waals surface area (Å²) in [6.07, 6.45) is 0.159. The first kappa shape index (κ1) is 25.6. The summed E-state index contributed by atoms with van der Waals surface area (Å²) < 4.78 is 11.1. The fraction of sp³-hybridized carbons (Fsp3) is 0.321. The molecule has 1 unspecified atom stereocenters. The molecule has 0 aliphatic carbocycles. The lowest BCUT2D eigenvalue weighted by Gasteiger charge is -2.37. The van der Waals surface area contributed by atoms with Gasteiger partial charge in [0.05, 0.1) is 30.8 Å². The van der Waals surface area contributed by atoms with E-state index < -0.39 is 17.6 Å². The van der Waals surface area contributed by atoms with Crippen LogP contribution in [-0.4, -0.2) is 34.7 Å². The first-order valence-corrected chi connectivity index (χ1v) is 12.7. The number of amidine groups is 1. The number of thioether (sulfide) groups is 1. The lowest BCUT2D eigenvalue weighted by atomic mass is 9.93. The van der Waals surface area contributed by atoms with Gasteiger partial charge in [-0.1, -0.05) is 54.2 Å². The highest BCUT2D eigenvalue weighted by Gasteiger charge is 2.41. The number of ether oxygens (including phenoxy) is 2. The molecule has 0 fully saturated rings. The second-order valence-electron chi connectivity index (χ2n) is 9.61. The number of hydrogen-bond donors (Lipinski definition) is 1. The number of nitrogens with one attached hydrogen (secondary N) is 1. The summed E-state index contributed by atoms with van der Waals surface area (Å²) in [4.78, 5) is 33.0. The van der Waals surface area contributed by atoms with Crippen LogP contribution in [0, 0.1) is 0 Å². The predicted octanol–water partition coefficient (Wildman–Crippen LogP) is 5.32. The molecule has 4 rings (SSSR count). The molecule has 7 nitrogen and oxygen atoms in total. The Balaban J connectivity index is 1.63. The average molecular weight is 506 g/mol. The Kier molecular flexibility index (Phi) is 7.54. The number of methoxy groups -OCH3 is 1. The highest BCUT2D eigenvalue weighted by molar-refractivity contribution is 8.16. The molecule has 2 aromatic rings. The molecule has 8 heteroatoms. The van der Waals surface area contributed by atoms with Crippen molar-refractivity contribution in [1.29, 1.82) is 0 Å². The zero-order valence-corrected chi connectivity index (χ0v) is 22.0. The van der Waals surface area contributed by atoms with Crippen molar-refractivity contribution in [2.45, 2.75) is 52.3 Å². The molecule has 0 saturated heterocycles. The molecule has 2 aliphatic heterocycles. The third-order valence-electron chi connectivity index (χ3n) is 5.73. The standard InChI is InChI=1S/C28H31N3O4S/c1-18-24(26(33)35-28(2,3)4)25(20-11-13-22(34-5)14-12-20)31-21(17-36-27(31)30-18)15-23(32)29-16-19-9-7-6-8-10-19/h6-14,17,25H,15-16H2,1-5H3,(H,29,32). The highest BCUT2D eigenvalue weighted by atomic mass is 32.2. The molecule has 1 atom stereocenters. The van der Waals surface area contributed by atoms with Crippen molar-refractivity contribution in [2.75, 3.05) is 7.11 Å². The molecular formula is C28H31N3O4S. The number of nitrogens with zero attached hydrogens (tertiary/aromatic N) is 2. The molecule has 36 heavy (non-hydrogen) atoms. The van der Waals surface area contributed by atoms with Crippen LogP contribution in [-0.2, 0) is 20.9 Å². The van der Waals surface area contributed by atoms with Crippen molar-refractivity contribution in [3.8, 4) is 5.75 Å². The van der Waals surface area contributed by atoms with Crippen molar-refractivity contribution in [1.82, 2.24) is 10.2 Å². The number of allylic oxidation sites excluding steroid dienone is 1. The molecule has 0 bridgehead atoms. The second-order valence-corrected chi connectivity index (χ2v) is 10.4. The van der Waals surface area contributed by atoms with E-state index in [-0.39, 0.29) is 12.3 Å². The molecule has 1 N–H and O–H groups in total. The topological polar surface area (TPSA) is 80.2 Å². The Labute approximate surface area is 216 Å². The van der Waals surface area contributed by atoms with Gasteiger partial charge in [-0.15, -0.1) is 0 Å². The fourth-order valence-electron chi connectivity index (χ4n) is 4.09. The van der Waals surface area contributed by atoms with Gasteiger partial charge in [-0.3, -0.25) is 4.79 Å². The van der Waals surface area contributed by atoms with Gasteiger partial charge >= 0.3 is 5.97 Å². The zero-order chi connectivity index (χ0) is 25.9. The lowest BCUT2D eigenvalue weighted by Crippen LogP contribution is -2.39. The average Bonchev–Trinajstić information content (AvgIpc) is 3.23. The van der Waals surface area contributed by atoms with Crippen LogP contribution in [0.2, 0.25) is 0 Å². The first-order valence-electron chi connectivity index (χ1n) is 11.8. The van der Waals surface area contributed by atoms with E-state index in [2.05, 4.69) is 5.32 Å². The van der Waals surface area contributed by atoms with Crippen molar-refractivity contribution >= 4 is 28.8 Å². The maximum Gasteiger partial charge on any atom is 0.338 e. The summed E-state index contributed by atoms with van der Waals surface area (Å²) in [7, 11) is 1.61. The molecule has 0 spiro atoms. The van der Waals surface area contributed by atoms with E-state index in [0.29, 0.717) is 17.8 Å². The van der Waals surface area contributed by atoms with Crippen LogP contribution >= 0.6 is 11.8 Å². The van der Waals surface area contributed by atoms with Crippen LogP contribution in [0.4, 0.5) is 0 Å². The summed E-state index contributed by atoms with van der Waals surface area (Å²) in [5.41, 5.74) is 3.08. The molecular weight excluding hydrogens is 474 g/mol. The number of fused-ring (bicyclic) bond motifs is 1. The van der Waals surface area contributed by atoms with Crippen molar-refractivity contribution < 1.29 is 19.1 Å². The van der Waals surface area contributed by atoms with Gasteiger partial charge < -0.3 is 19.7 Å². The SMILES string of the molecule is COc1ccc(C2C(C(=O)OC(C)(C)C)=C(C)N=C3SC=C(CC(=O)NCc4ccccc4)N32)cc1. The van der Waals surface area contributed by atoms with Gasteiger partial charge in [0.1, 0.15) is 11.4 Å². The van der Waals surface area contributed by atoms with Crippen LogP contribution < -0.4 is 10.1 Å². The Hall–Kier alpha value is -3.52. The third kappa shape index (κ3) is 5.82. The Bertz CT molecular complexity index is 1230. The van der Waals surface area contributed by atoms with Crippen molar-refractivity contribution in [3.05, 3.63) is 88.1 Å². The maximum atomic E-state index is 13.4. The number of benzene rings is 2. The summed E-state index contributed by atoms with van der Waals surface area (Å²) in [5.74, 6) is 0.189. The van der Waals surface area contributed by atoms with Gasteiger partial charge in [0.2, 0.25) is 5.91 Å². The minimum Gasteiger partial charge on any atom is -0.497 e. The largest absolute Gasteiger partial charge is 0.497 e. The van der Waals surface area contributed by atoms with E-state index >= 15 is 0 Å². The first-order chi connectivity index (χ1) is 17.2. The van der Waals surface area contributed by atoms with Crippen LogP contribution in [0.5, 0.6) is 5.75 Å². The van der Waals surface area contributed by atoms with Gasteiger partial charge in [-0.25, -0.2) is 9.79 Å². The number of esters is 1. The quantitative estimate of drug-likeness (QED) is 0.513. The molecule has 0 saturated carbocycles. The molecule has 0 aromatic heterocycles. The molecule has 2 aromatic carbocycles. The van der Waals surface area contributed by atoms with Gasteiger partial charge in [-0.2, -0.15) is 0 Å². The molecule has 188 valence electrons. The highest BCUT2D eigenvalue weighted by Crippen LogP contribution is 2.45. The maximum absolute atomic E-state index is 13.4. The van der Waals surface area contributed by atoms with Crippen LogP contribution in [0.15, 0.2) is 82.0 Å². The molecule has 2 heterocycles. The number of carbonyl (C=O) groups is 2. The monoisotopic (exact) mass is 505 g/mol. The predicted molar refractivity (Wildman–Crippen MR) is 142 cm³/mol. The summed E-state index contributed by atoms with van der Waals surface area (Å²) >= 11 is 1.45. The fourth-order valence-corrected chi connectivity index (χ4v) is 5.05. The lowest BCUT2D eigenvalue weighted by molar-refractivity contribution is -0.150. The van der Waals surface area contributed by atoms with E-state index in [1.165, 1.54) is 11.8 Å². The van der Waals surface area contributed by atoms with E-state index in [9.17, 15) is 9.59 Å². The third-order valence-corrected chi connectivity index (χ3v) is 6.61. The number of amides is 1. The van der Waals surface area contributed by atoms with Gasteiger partial charge in [0.25, 0.3) is 0 Å². The van der Waals surface area contributed by atoms with Gasteiger partial charge in [0, 0.05) is 12.2 Å². The van der Waals surface area contributed by atoms with Crippen molar-refractivity contribution in [2.24, 2.45) is 4.99 Å². The van der Waals surface area contributed by atoms with Crippen molar-refractivity contribution in [3.63, 3.8) is 0 Å². The van der Waals surface area contributed by atoms with E-state index in [4.69, 9.17) is 14.5 Å².